The van der Waals surface area contributed by atoms with Gasteiger partial charge in [0.1, 0.15) is 10.8 Å². The molecule has 0 aliphatic heterocycles. The van der Waals surface area contributed by atoms with E-state index in [-0.39, 0.29) is 17.1 Å². The number of benzene rings is 3. The molecule has 6 rings (SSSR count). The second kappa shape index (κ2) is 7.71. The topological polar surface area (TPSA) is 64.8 Å². The summed E-state index contributed by atoms with van der Waals surface area (Å²) in [6.45, 7) is 3.89. The van der Waals surface area contributed by atoms with Crippen LogP contribution >= 0.6 is 11.3 Å². The van der Waals surface area contributed by atoms with Gasteiger partial charge < -0.3 is 0 Å². The number of hydrogen-bond acceptors (Lipinski definition) is 5. The smallest absolute Gasteiger partial charge is 0.197 e. The van der Waals surface area contributed by atoms with Crippen molar-refractivity contribution >= 4 is 39.5 Å². The minimum atomic E-state index is -0.257. The number of allylic oxidation sites excluding steroid dienone is 1. The van der Waals surface area contributed by atoms with E-state index in [1.165, 1.54) is 11.3 Å². The quantitative estimate of drug-likeness (QED) is 0.236. The van der Waals surface area contributed by atoms with Crippen LogP contribution in [0.15, 0.2) is 78.4 Å². The molecule has 5 nitrogen and oxygen atoms in total. The summed E-state index contributed by atoms with van der Waals surface area (Å²) in [7, 11) is 0. The summed E-state index contributed by atoms with van der Waals surface area (Å²) >= 11 is 1.49. The van der Waals surface area contributed by atoms with Crippen LogP contribution in [0.1, 0.15) is 37.7 Å². The number of thiazole rings is 1. The van der Waals surface area contributed by atoms with Gasteiger partial charge in [-0.3, -0.25) is 14.2 Å². The van der Waals surface area contributed by atoms with Crippen molar-refractivity contribution in [3.05, 3.63) is 106 Å². The minimum Gasteiger partial charge on any atom is -0.288 e. The van der Waals surface area contributed by atoms with Crippen molar-refractivity contribution < 1.29 is 9.59 Å². The second-order valence-corrected chi connectivity index (χ2v) is 9.33. The molecular weight excluding hydrogens is 442 g/mol. The Bertz CT molecular complexity index is 1600. The average Bonchev–Trinajstić information content (AvgIpc) is 3.47. The van der Waals surface area contributed by atoms with Crippen LogP contribution in [0.5, 0.6) is 0 Å². The molecular formula is C28H19N3O2S. The van der Waals surface area contributed by atoms with Crippen molar-refractivity contribution in [3.8, 4) is 16.3 Å². The number of aromatic nitrogens is 3. The summed E-state index contributed by atoms with van der Waals surface area (Å²) in [5.74, 6) is -0.00323. The molecule has 34 heavy (non-hydrogen) atoms. The lowest BCUT2D eigenvalue weighted by atomic mass is 10.0. The molecule has 5 aromatic rings. The number of fused-ring (bicyclic) bond motifs is 2. The summed E-state index contributed by atoms with van der Waals surface area (Å²) in [6.07, 6.45) is 1.61. The van der Waals surface area contributed by atoms with Crippen molar-refractivity contribution in [2.75, 3.05) is 0 Å². The highest BCUT2D eigenvalue weighted by atomic mass is 32.1. The Morgan fingerprint density at radius 3 is 2.00 bits per heavy atom. The van der Waals surface area contributed by atoms with Gasteiger partial charge in [0, 0.05) is 22.4 Å². The Kier molecular flexibility index (Phi) is 4.64. The molecule has 1 aliphatic carbocycles. The predicted molar refractivity (Wildman–Crippen MR) is 135 cm³/mol. The first kappa shape index (κ1) is 20.4. The number of nitrogens with zero attached hydrogens (tertiary/aromatic N) is 3. The van der Waals surface area contributed by atoms with Gasteiger partial charge in [-0.1, -0.05) is 59.9 Å². The third-order valence-corrected chi connectivity index (χ3v) is 7.16. The normalized spacial score (nSPS) is 13.1. The molecule has 0 fully saturated rings. The van der Waals surface area contributed by atoms with Crippen LogP contribution in [-0.4, -0.2) is 26.1 Å². The number of imidazole rings is 1. The minimum absolute atomic E-state index is 0.137. The van der Waals surface area contributed by atoms with Crippen molar-refractivity contribution in [3.63, 3.8) is 0 Å². The van der Waals surface area contributed by atoms with E-state index < -0.39 is 0 Å². The average molecular weight is 462 g/mol. The van der Waals surface area contributed by atoms with E-state index in [4.69, 9.17) is 9.97 Å². The lowest BCUT2D eigenvalue weighted by Crippen LogP contribution is -2.04. The van der Waals surface area contributed by atoms with Crippen molar-refractivity contribution in [1.29, 1.82) is 0 Å². The molecule has 0 bridgehead atoms. The van der Waals surface area contributed by atoms with Gasteiger partial charge in [0.2, 0.25) is 0 Å². The number of ketones is 2. The zero-order valence-corrected chi connectivity index (χ0v) is 19.4. The fraction of sp³-hybridized carbons (Fsp3) is 0.0714. The molecule has 0 spiro atoms. The van der Waals surface area contributed by atoms with Crippen LogP contribution in [0.4, 0.5) is 0 Å². The molecule has 0 saturated heterocycles. The molecule has 0 saturated carbocycles. The lowest BCUT2D eigenvalue weighted by molar-refractivity contribution is 0.0990. The van der Waals surface area contributed by atoms with Gasteiger partial charge in [0.25, 0.3) is 0 Å². The largest absolute Gasteiger partial charge is 0.288 e. The molecule has 164 valence electrons. The second-order valence-electron chi connectivity index (χ2n) is 8.35. The monoisotopic (exact) mass is 461 g/mol. The molecule has 0 N–H and O–H groups in total. The molecule has 1 aliphatic rings. The Hall–Kier alpha value is -4.16. The maximum Gasteiger partial charge on any atom is 0.197 e. The summed E-state index contributed by atoms with van der Waals surface area (Å²) in [5.41, 5.74) is 5.63. The highest BCUT2D eigenvalue weighted by Gasteiger charge is 2.34. The lowest BCUT2D eigenvalue weighted by Gasteiger charge is -2.06. The molecule has 0 unspecified atom stereocenters. The van der Waals surface area contributed by atoms with Gasteiger partial charge in [-0.15, -0.1) is 0 Å². The maximum absolute atomic E-state index is 13.2. The number of para-hydroxylation sites is 1. The first-order valence-electron chi connectivity index (χ1n) is 10.9. The highest BCUT2D eigenvalue weighted by Crippen LogP contribution is 2.34. The van der Waals surface area contributed by atoms with Gasteiger partial charge in [-0.25, -0.2) is 9.97 Å². The molecule has 0 atom stereocenters. The van der Waals surface area contributed by atoms with Crippen LogP contribution in [-0.2, 0) is 0 Å². The Morgan fingerprint density at radius 1 is 0.794 bits per heavy atom. The number of hydrogen-bond donors (Lipinski definition) is 0. The Labute approximate surface area is 200 Å². The van der Waals surface area contributed by atoms with E-state index in [2.05, 4.69) is 0 Å². The first-order chi connectivity index (χ1) is 16.5. The fourth-order valence-electron chi connectivity index (χ4n) is 4.26. The molecule has 3 aromatic carbocycles. The summed E-state index contributed by atoms with van der Waals surface area (Å²) in [5, 5.41) is 0.869. The van der Waals surface area contributed by atoms with E-state index >= 15 is 0 Å². The number of rotatable bonds is 3. The summed E-state index contributed by atoms with van der Waals surface area (Å²) < 4.78 is 1.91. The van der Waals surface area contributed by atoms with E-state index in [1.54, 1.807) is 6.08 Å². The number of aryl methyl sites for hydroxylation is 2. The summed E-state index contributed by atoms with van der Waals surface area (Å²) in [6, 6.07) is 23.3. The number of carbonyl (C=O) groups excluding carboxylic acids is 2. The van der Waals surface area contributed by atoms with Crippen LogP contribution in [0.3, 0.4) is 0 Å². The standard InChI is InChI=1S/C28H19N3O2S/c1-16-13-20-21(14-17(16)2)25(33)22(24(20)32)15-23-29-28-26(31(23)19-11-7-4-8-12-19)30-27(34-28)18-9-5-3-6-10-18/h3-15H,1-2H3. The molecule has 0 amide bonds. The number of carbonyl (C=O) groups is 2. The Morgan fingerprint density at radius 2 is 1.38 bits per heavy atom. The molecule has 2 aromatic heterocycles. The maximum atomic E-state index is 13.2. The fourth-order valence-corrected chi connectivity index (χ4v) is 5.20. The van der Waals surface area contributed by atoms with Crippen molar-refractivity contribution in [1.82, 2.24) is 14.5 Å². The van der Waals surface area contributed by atoms with Gasteiger partial charge >= 0.3 is 0 Å². The van der Waals surface area contributed by atoms with E-state index in [1.807, 2.05) is 91.2 Å². The first-order valence-corrected chi connectivity index (χ1v) is 11.8. The van der Waals surface area contributed by atoms with Gasteiger partial charge in [-0.05, 0) is 55.3 Å². The van der Waals surface area contributed by atoms with Crippen LogP contribution in [0.25, 0.3) is 32.8 Å². The van der Waals surface area contributed by atoms with Crippen LogP contribution < -0.4 is 0 Å². The van der Waals surface area contributed by atoms with Crippen molar-refractivity contribution in [2.45, 2.75) is 13.8 Å². The van der Waals surface area contributed by atoms with Gasteiger partial charge in [-0.2, -0.15) is 0 Å². The van der Waals surface area contributed by atoms with E-state index in [9.17, 15) is 9.59 Å². The van der Waals surface area contributed by atoms with Crippen LogP contribution in [0, 0.1) is 13.8 Å². The van der Waals surface area contributed by atoms with Crippen LogP contribution in [0.2, 0.25) is 0 Å². The SMILES string of the molecule is Cc1cc2c(cc1C)C(=O)C(=Cc1nc3sc(-c4ccccc4)nc3n1-c1ccccc1)C2=O. The third-order valence-electron chi connectivity index (χ3n) is 6.17. The van der Waals surface area contributed by atoms with Crippen molar-refractivity contribution in [2.24, 2.45) is 0 Å². The third kappa shape index (κ3) is 3.15. The predicted octanol–water partition coefficient (Wildman–Crippen LogP) is 6.23. The van der Waals surface area contributed by atoms with E-state index in [0.717, 1.165) is 32.2 Å². The zero-order valence-electron chi connectivity index (χ0n) is 18.6. The summed E-state index contributed by atoms with van der Waals surface area (Å²) in [4.78, 5) is 36.8. The molecule has 0 radical (unpaired) electrons. The zero-order chi connectivity index (χ0) is 23.4. The Balaban J connectivity index is 1.54. The molecule has 6 heteroatoms. The number of Topliss-reactive ketones (excluding diaryl/α,β-unsaturated/α-hetero) is 2. The van der Waals surface area contributed by atoms with E-state index in [0.29, 0.717) is 22.6 Å². The van der Waals surface area contributed by atoms with Gasteiger partial charge in [0.15, 0.2) is 22.0 Å². The van der Waals surface area contributed by atoms with Gasteiger partial charge in [0.05, 0.1) is 5.57 Å². The highest BCUT2D eigenvalue weighted by molar-refractivity contribution is 7.21. The molecule has 2 heterocycles.